The lowest BCUT2D eigenvalue weighted by Gasteiger charge is -2.13. The summed E-state index contributed by atoms with van der Waals surface area (Å²) in [6, 6.07) is 3.72. The molecule has 0 spiro atoms. The Balaban J connectivity index is 2.15. The highest BCUT2D eigenvalue weighted by molar-refractivity contribution is 5.48. The third kappa shape index (κ3) is 3.47. The predicted molar refractivity (Wildman–Crippen MR) is 73.2 cm³/mol. The van der Waals surface area contributed by atoms with E-state index in [4.69, 9.17) is 9.15 Å². The molecule has 0 aromatic carbocycles. The highest BCUT2D eigenvalue weighted by Gasteiger charge is 2.12. The highest BCUT2D eigenvalue weighted by Crippen LogP contribution is 2.24. The van der Waals surface area contributed by atoms with Crippen molar-refractivity contribution in [2.75, 3.05) is 11.9 Å². The van der Waals surface area contributed by atoms with Crippen LogP contribution in [0.4, 0.5) is 5.82 Å². The van der Waals surface area contributed by atoms with Gasteiger partial charge in [-0.25, -0.2) is 9.97 Å². The minimum atomic E-state index is 0.381. The first-order valence-corrected chi connectivity index (χ1v) is 6.58. The van der Waals surface area contributed by atoms with E-state index in [-0.39, 0.29) is 0 Å². The van der Waals surface area contributed by atoms with Crippen LogP contribution in [0, 0.1) is 0 Å². The summed E-state index contributed by atoms with van der Waals surface area (Å²) in [5, 5.41) is 3.24. The second-order valence-corrected chi connectivity index (χ2v) is 4.15. The normalized spacial score (nSPS) is 10.4. The zero-order valence-electron chi connectivity index (χ0n) is 11.3. The number of anilines is 1. The maximum Gasteiger partial charge on any atom is 0.222 e. The van der Waals surface area contributed by atoms with Gasteiger partial charge in [-0.1, -0.05) is 13.3 Å². The summed E-state index contributed by atoms with van der Waals surface area (Å²) >= 11 is 0. The van der Waals surface area contributed by atoms with Gasteiger partial charge >= 0.3 is 0 Å². The fourth-order valence-electron chi connectivity index (χ4n) is 1.85. The third-order valence-corrected chi connectivity index (χ3v) is 2.68. The van der Waals surface area contributed by atoms with E-state index in [1.807, 2.05) is 19.1 Å². The number of nitrogens with one attached hydrogen (secondary N) is 1. The maximum absolute atomic E-state index is 5.74. The number of ether oxygens (including phenoxy) is 1. The van der Waals surface area contributed by atoms with Crippen molar-refractivity contribution in [3.63, 3.8) is 0 Å². The Hall–Kier alpha value is -2.04. The first-order chi connectivity index (χ1) is 9.35. The number of rotatable bonds is 7. The first-order valence-electron chi connectivity index (χ1n) is 6.58. The number of nitrogens with zero attached hydrogens (tertiary/aromatic N) is 2. The van der Waals surface area contributed by atoms with Gasteiger partial charge in [0.25, 0.3) is 0 Å². The van der Waals surface area contributed by atoms with E-state index in [9.17, 15) is 0 Å². The van der Waals surface area contributed by atoms with Crippen LogP contribution < -0.4 is 10.1 Å². The molecule has 2 rings (SSSR count). The Kier molecular flexibility index (Phi) is 4.78. The van der Waals surface area contributed by atoms with E-state index < -0.39 is 0 Å². The molecule has 0 atom stereocenters. The van der Waals surface area contributed by atoms with Gasteiger partial charge in [0.1, 0.15) is 24.5 Å². The molecule has 0 bridgehead atoms. The zero-order valence-corrected chi connectivity index (χ0v) is 11.3. The smallest absolute Gasteiger partial charge is 0.222 e. The van der Waals surface area contributed by atoms with Crippen LogP contribution in [0.25, 0.3) is 0 Å². The number of hydrogen-bond acceptors (Lipinski definition) is 5. The van der Waals surface area contributed by atoms with Crippen LogP contribution in [0.15, 0.2) is 29.1 Å². The molecule has 2 aromatic heterocycles. The lowest BCUT2D eigenvalue weighted by molar-refractivity contribution is 0.257. The van der Waals surface area contributed by atoms with Gasteiger partial charge in [0, 0.05) is 6.54 Å². The van der Waals surface area contributed by atoms with Crippen LogP contribution in [-0.2, 0) is 13.0 Å². The van der Waals surface area contributed by atoms with Gasteiger partial charge < -0.3 is 14.5 Å². The van der Waals surface area contributed by atoms with Gasteiger partial charge in [-0.05, 0) is 25.5 Å². The summed E-state index contributed by atoms with van der Waals surface area (Å²) in [4.78, 5) is 8.49. The summed E-state index contributed by atoms with van der Waals surface area (Å²) in [5.41, 5.74) is 1.03. The van der Waals surface area contributed by atoms with E-state index in [0.717, 1.165) is 36.5 Å². The van der Waals surface area contributed by atoms with E-state index in [0.29, 0.717) is 12.5 Å². The molecule has 5 nitrogen and oxygen atoms in total. The van der Waals surface area contributed by atoms with Crippen LogP contribution in [-0.4, -0.2) is 16.5 Å². The zero-order chi connectivity index (χ0) is 13.5. The molecule has 102 valence electrons. The van der Waals surface area contributed by atoms with Crippen molar-refractivity contribution < 1.29 is 9.15 Å². The van der Waals surface area contributed by atoms with Crippen LogP contribution in [0.5, 0.6) is 5.88 Å². The Bertz CT molecular complexity index is 497. The highest BCUT2D eigenvalue weighted by atomic mass is 16.5. The second kappa shape index (κ2) is 6.78. The Morgan fingerprint density at radius 1 is 1.32 bits per heavy atom. The van der Waals surface area contributed by atoms with Crippen molar-refractivity contribution >= 4 is 5.82 Å². The molecule has 0 fully saturated rings. The molecule has 0 aliphatic carbocycles. The van der Waals surface area contributed by atoms with Crippen molar-refractivity contribution in [2.45, 2.75) is 33.3 Å². The quantitative estimate of drug-likeness (QED) is 0.830. The molecule has 5 heteroatoms. The Labute approximate surface area is 113 Å². The number of furan rings is 1. The molecule has 2 aromatic rings. The van der Waals surface area contributed by atoms with Crippen molar-refractivity contribution in [3.8, 4) is 5.88 Å². The average molecular weight is 261 g/mol. The summed E-state index contributed by atoms with van der Waals surface area (Å²) in [5.74, 6) is 2.27. The summed E-state index contributed by atoms with van der Waals surface area (Å²) in [6.07, 6.45) is 5.06. The molecule has 0 amide bonds. The molecule has 19 heavy (non-hydrogen) atoms. The Morgan fingerprint density at radius 2 is 2.21 bits per heavy atom. The minimum absolute atomic E-state index is 0.381. The fraction of sp³-hybridized carbons (Fsp3) is 0.429. The fourth-order valence-corrected chi connectivity index (χ4v) is 1.85. The molecule has 0 unspecified atom stereocenters. The molecule has 2 heterocycles. The largest absolute Gasteiger partial charge is 0.469 e. The van der Waals surface area contributed by atoms with Crippen LogP contribution in [0.3, 0.4) is 0 Å². The topological polar surface area (TPSA) is 60.2 Å². The van der Waals surface area contributed by atoms with E-state index in [1.165, 1.54) is 6.33 Å². The van der Waals surface area contributed by atoms with E-state index in [2.05, 4.69) is 22.2 Å². The van der Waals surface area contributed by atoms with Gasteiger partial charge in [-0.2, -0.15) is 0 Å². The van der Waals surface area contributed by atoms with E-state index in [1.54, 1.807) is 6.26 Å². The molecular formula is C14H19N3O2. The average Bonchev–Trinajstić information content (AvgIpc) is 2.93. The number of aromatic nitrogens is 2. The molecule has 0 saturated carbocycles. The summed E-state index contributed by atoms with van der Waals surface area (Å²) in [6.45, 7) is 5.37. The van der Waals surface area contributed by atoms with Crippen LogP contribution in [0.2, 0.25) is 0 Å². The standard InChI is InChI=1S/C14H19N3O2/c1-3-6-12-13(15-4-2)16-10-17-14(12)19-9-11-7-5-8-18-11/h5,7-8,10H,3-4,6,9H2,1-2H3,(H,15,16,17). The van der Waals surface area contributed by atoms with Gasteiger partial charge in [0.15, 0.2) is 0 Å². The molecule has 0 saturated heterocycles. The molecule has 1 N–H and O–H groups in total. The second-order valence-electron chi connectivity index (χ2n) is 4.15. The van der Waals surface area contributed by atoms with E-state index >= 15 is 0 Å². The van der Waals surface area contributed by atoms with Gasteiger partial charge in [0.2, 0.25) is 5.88 Å². The summed E-state index contributed by atoms with van der Waals surface area (Å²) < 4.78 is 11.0. The van der Waals surface area contributed by atoms with Gasteiger partial charge in [-0.15, -0.1) is 0 Å². The van der Waals surface area contributed by atoms with Crippen LogP contribution >= 0.6 is 0 Å². The maximum atomic E-state index is 5.74. The predicted octanol–water partition coefficient (Wildman–Crippen LogP) is 3.03. The van der Waals surface area contributed by atoms with Crippen molar-refractivity contribution in [3.05, 3.63) is 36.0 Å². The molecular weight excluding hydrogens is 242 g/mol. The first kappa shape index (κ1) is 13.4. The molecule has 0 radical (unpaired) electrons. The van der Waals surface area contributed by atoms with Crippen molar-refractivity contribution in [1.29, 1.82) is 0 Å². The Morgan fingerprint density at radius 3 is 2.89 bits per heavy atom. The minimum Gasteiger partial charge on any atom is -0.469 e. The third-order valence-electron chi connectivity index (χ3n) is 2.68. The number of hydrogen-bond donors (Lipinski definition) is 1. The van der Waals surface area contributed by atoms with Crippen molar-refractivity contribution in [1.82, 2.24) is 9.97 Å². The summed E-state index contributed by atoms with van der Waals surface area (Å²) in [7, 11) is 0. The van der Waals surface area contributed by atoms with Gasteiger partial charge in [0.05, 0.1) is 11.8 Å². The molecule has 0 aliphatic heterocycles. The van der Waals surface area contributed by atoms with Gasteiger partial charge in [-0.3, -0.25) is 0 Å². The molecule has 0 aliphatic rings. The SMILES string of the molecule is CCCc1c(NCC)ncnc1OCc1ccco1. The monoisotopic (exact) mass is 261 g/mol. The lowest BCUT2D eigenvalue weighted by Crippen LogP contribution is -2.08. The van der Waals surface area contributed by atoms with Crippen LogP contribution in [0.1, 0.15) is 31.6 Å². The lowest BCUT2D eigenvalue weighted by atomic mass is 10.1. The van der Waals surface area contributed by atoms with Crippen molar-refractivity contribution in [2.24, 2.45) is 0 Å².